The van der Waals surface area contributed by atoms with Gasteiger partial charge >= 0.3 is 0 Å². The second-order valence-electron chi connectivity index (χ2n) is 7.08. The van der Waals surface area contributed by atoms with E-state index in [1.54, 1.807) is 0 Å². The molecule has 28 heavy (non-hydrogen) atoms. The number of rotatable bonds is 8. The van der Waals surface area contributed by atoms with Crippen LogP contribution >= 0.6 is 0 Å². The van der Waals surface area contributed by atoms with E-state index in [4.69, 9.17) is 18.9 Å². The lowest BCUT2D eigenvalue weighted by atomic mass is 9.96. The predicted octanol–water partition coefficient (Wildman–Crippen LogP) is -3.18. The summed E-state index contributed by atoms with van der Waals surface area (Å²) in [5.74, 6) is 0. The van der Waals surface area contributed by atoms with Crippen LogP contribution in [-0.2, 0) is 18.9 Å². The van der Waals surface area contributed by atoms with E-state index in [0.29, 0.717) is 12.8 Å². The molecule has 0 amide bonds. The summed E-state index contributed by atoms with van der Waals surface area (Å²) in [4.78, 5) is 0. The smallest absolute Gasteiger partial charge is 0.187 e. The third-order valence-corrected chi connectivity index (χ3v) is 5.21. The van der Waals surface area contributed by atoms with Crippen LogP contribution in [0.2, 0.25) is 0 Å². The third kappa shape index (κ3) is 4.99. The van der Waals surface area contributed by atoms with Crippen LogP contribution in [-0.4, -0.2) is 116 Å². The Balaban J connectivity index is 2.12. The number of hydrogen-bond donors (Lipinski definition) is 7. The molecular formula is C17H32O11. The van der Waals surface area contributed by atoms with Crippen molar-refractivity contribution in [3.63, 3.8) is 0 Å². The quantitative estimate of drug-likeness (QED) is 0.214. The van der Waals surface area contributed by atoms with Gasteiger partial charge in [-0.1, -0.05) is 13.8 Å². The molecule has 0 saturated carbocycles. The van der Waals surface area contributed by atoms with Crippen molar-refractivity contribution in [1.29, 1.82) is 0 Å². The number of aliphatic hydroxyl groups excluding tert-OH is 7. The van der Waals surface area contributed by atoms with Gasteiger partial charge in [-0.2, -0.15) is 0 Å². The van der Waals surface area contributed by atoms with Gasteiger partial charge in [0.25, 0.3) is 0 Å². The molecule has 0 aliphatic carbocycles. The van der Waals surface area contributed by atoms with Gasteiger partial charge in [0.2, 0.25) is 0 Å². The van der Waals surface area contributed by atoms with Crippen molar-refractivity contribution < 1.29 is 54.7 Å². The molecule has 11 heteroatoms. The van der Waals surface area contributed by atoms with Crippen LogP contribution in [0.1, 0.15) is 26.7 Å². The molecule has 2 heterocycles. The number of aliphatic hydroxyl groups is 7. The number of ether oxygens (including phenoxy) is 4. The summed E-state index contributed by atoms with van der Waals surface area (Å²) >= 11 is 0. The Morgan fingerprint density at radius 1 is 0.750 bits per heavy atom. The first kappa shape index (κ1) is 23.8. The van der Waals surface area contributed by atoms with Gasteiger partial charge in [0, 0.05) is 0 Å². The lowest BCUT2D eigenvalue weighted by Gasteiger charge is -2.46. The lowest BCUT2D eigenvalue weighted by molar-refractivity contribution is -0.359. The molecule has 2 saturated heterocycles. The first-order chi connectivity index (χ1) is 13.3. The minimum Gasteiger partial charge on any atom is -0.394 e. The summed E-state index contributed by atoms with van der Waals surface area (Å²) in [6.45, 7) is 2.63. The minimum atomic E-state index is -1.72. The molecule has 2 fully saturated rings. The minimum absolute atomic E-state index is 0.203. The summed E-state index contributed by atoms with van der Waals surface area (Å²) < 4.78 is 21.8. The largest absolute Gasteiger partial charge is 0.394 e. The monoisotopic (exact) mass is 412 g/mol. The molecule has 0 spiro atoms. The summed E-state index contributed by atoms with van der Waals surface area (Å²) in [5, 5.41) is 69.4. The van der Waals surface area contributed by atoms with Crippen molar-refractivity contribution in [2.24, 2.45) is 0 Å². The lowest BCUT2D eigenvalue weighted by Crippen LogP contribution is -2.65. The molecule has 0 bridgehead atoms. The van der Waals surface area contributed by atoms with E-state index in [9.17, 15) is 35.7 Å². The van der Waals surface area contributed by atoms with E-state index in [0.717, 1.165) is 0 Å². The Morgan fingerprint density at radius 3 is 1.82 bits per heavy atom. The first-order valence-corrected chi connectivity index (χ1v) is 9.52. The van der Waals surface area contributed by atoms with E-state index in [1.807, 2.05) is 13.8 Å². The zero-order chi connectivity index (χ0) is 21.0. The van der Waals surface area contributed by atoms with Gasteiger partial charge in [0.05, 0.1) is 19.3 Å². The molecule has 11 nitrogen and oxygen atoms in total. The van der Waals surface area contributed by atoms with Crippen molar-refractivity contribution in [2.45, 2.75) is 94.2 Å². The SMILES string of the molecule is CCC(CC)OC1C(CO)OC(OC2C(CO)OC(O)C(O)C2O)C(O)C1O. The molecule has 2 aliphatic rings. The molecule has 10 atom stereocenters. The van der Waals surface area contributed by atoms with Crippen LogP contribution in [0.15, 0.2) is 0 Å². The average Bonchev–Trinajstić information content (AvgIpc) is 2.70. The van der Waals surface area contributed by atoms with Crippen molar-refractivity contribution in [2.75, 3.05) is 13.2 Å². The van der Waals surface area contributed by atoms with E-state index >= 15 is 0 Å². The molecule has 7 N–H and O–H groups in total. The standard InChI is InChI=1S/C17H32O11/c1-3-7(4-2)25-14-9(6-19)27-17(13(23)11(14)21)28-15-8(5-18)26-16(24)12(22)10(15)20/h7-24H,3-6H2,1-2H3. The highest BCUT2D eigenvalue weighted by molar-refractivity contribution is 4.94. The molecule has 166 valence electrons. The van der Waals surface area contributed by atoms with Gasteiger partial charge in [-0.3, -0.25) is 0 Å². The Bertz CT molecular complexity index is 458. The van der Waals surface area contributed by atoms with Gasteiger partial charge < -0.3 is 54.7 Å². The van der Waals surface area contributed by atoms with Crippen molar-refractivity contribution >= 4 is 0 Å². The summed E-state index contributed by atoms with van der Waals surface area (Å²) in [6, 6.07) is 0. The van der Waals surface area contributed by atoms with E-state index < -0.39 is 74.6 Å². The maximum atomic E-state index is 10.5. The van der Waals surface area contributed by atoms with Crippen LogP contribution in [0, 0.1) is 0 Å². The Morgan fingerprint density at radius 2 is 1.29 bits per heavy atom. The third-order valence-electron chi connectivity index (χ3n) is 5.21. The zero-order valence-corrected chi connectivity index (χ0v) is 15.9. The molecule has 0 radical (unpaired) electrons. The van der Waals surface area contributed by atoms with Gasteiger partial charge in [0.15, 0.2) is 12.6 Å². The van der Waals surface area contributed by atoms with Gasteiger partial charge in [-0.25, -0.2) is 0 Å². The highest BCUT2D eigenvalue weighted by Crippen LogP contribution is 2.30. The maximum Gasteiger partial charge on any atom is 0.187 e. The van der Waals surface area contributed by atoms with Gasteiger partial charge in [-0.15, -0.1) is 0 Å². The second kappa shape index (κ2) is 10.5. The fraction of sp³-hybridized carbons (Fsp3) is 1.00. The van der Waals surface area contributed by atoms with Crippen LogP contribution in [0.25, 0.3) is 0 Å². The fourth-order valence-electron chi connectivity index (χ4n) is 3.43. The average molecular weight is 412 g/mol. The van der Waals surface area contributed by atoms with Gasteiger partial charge in [0.1, 0.15) is 48.8 Å². The van der Waals surface area contributed by atoms with E-state index in [1.165, 1.54) is 0 Å². The second-order valence-corrected chi connectivity index (χ2v) is 7.08. The molecule has 0 aromatic heterocycles. The van der Waals surface area contributed by atoms with Crippen molar-refractivity contribution in [3.8, 4) is 0 Å². The van der Waals surface area contributed by atoms with Crippen LogP contribution in [0.3, 0.4) is 0 Å². The summed E-state index contributed by atoms with van der Waals surface area (Å²) in [5.41, 5.74) is 0. The van der Waals surface area contributed by atoms with Gasteiger partial charge in [-0.05, 0) is 12.8 Å². The predicted molar refractivity (Wildman–Crippen MR) is 91.9 cm³/mol. The Labute approximate surface area is 163 Å². The van der Waals surface area contributed by atoms with E-state index in [2.05, 4.69) is 0 Å². The van der Waals surface area contributed by atoms with Crippen molar-refractivity contribution in [3.05, 3.63) is 0 Å². The van der Waals surface area contributed by atoms with Crippen LogP contribution < -0.4 is 0 Å². The zero-order valence-electron chi connectivity index (χ0n) is 15.9. The molecular weight excluding hydrogens is 380 g/mol. The van der Waals surface area contributed by atoms with Crippen LogP contribution in [0.4, 0.5) is 0 Å². The van der Waals surface area contributed by atoms with Crippen molar-refractivity contribution in [1.82, 2.24) is 0 Å². The molecule has 0 aromatic carbocycles. The highest BCUT2D eigenvalue weighted by Gasteiger charge is 2.51. The number of hydrogen-bond acceptors (Lipinski definition) is 11. The Kier molecular flexibility index (Phi) is 8.98. The summed E-state index contributed by atoms with van der Waals surface area (Å²) in [6.07, 6.45) is -13.1. The topological polar surface area (TPSA) is 179 Å². The fourth-order valence-corrected chi connectivity index (χ4v) is 3.43. The molecule has 10 unspecified atom stereocenters. The van der Waals surface area contributed by atoms with E-state index in [-0.39, 0.29) is 6.10 Å². The maximum absolute atomic E-state index is 10.5. The molecule has 0 aromatic rings. The Hall–Kier alpha value is -0.440. The molecule has 2 rings (SSSR count). The summed E-state index contributed by atoms with van der Waals surface area (Å²) in [7, 11) is 0. The van der Waals surface area contributed by atoms with Crippen LogP contribution in [0.5, 0.6) is 0 Å². The normalized spacial score (nSPS) is 44.8. The molecule has 2 aliphatic heterocycles. The first-order valence-electron chi connectivity index (χ1n) is 9.52. The highest BCUT2D eigenvalue weighted by atomic mass is 16.7.